The van der Waals surface area contributed by atoms with Gasteiger partial charge >= 0.3 is 0 Å². The van der Waals surface area contributed by atoms with E-state index in [2.05, 4.69) is 11.3 Å². The molecule has 1 saturated carbocycles. The summed E-state index contributed by atoms with van der Waals surface area (Å²) in [4.78, 5) is 0.922. The minimum atomic E-state index is -0.337. The highest BCUT2D eigenvalue weighted by atomic mass is 32.1. The topological polar surface area (TPSA) is 42.4 Å². The number of ether oxygens (including phenoxy) is 1. The SMILES string of the molecule is COc1cc(C(O)C2CC2C)sn1. The highest BCUT2D eigenvalue weighted by Gasteiger charge is 2.40. The van der Waals surface area contributed by atoms with Gasteiger partial charge in [-0.3, -0.25) is 0 Å². The summed E-state index contributed by atoms with van der Waals surface area (Å²) in [6.07, 6.45) is 0.790. The zero-order chi connectivity index (χ0) is 9.42. The summed E-state index contributed by atoms with van der Waals surface area (Å²) >= 11 is 1.33. The number of aromatic nitrogens is 1. The molecule has 1 N–H and O–H groups in total. The van der Waals surface area contributed by atoms with Crippen LogP contribution in [0.4, 0.5) is 0 Å². The summed E-state index contributed by atoms with van der Waals surface area (Å²) in [5.74, 6) is 1.70. The first-order valence-electron chi connectivity index (χ1n) is 4.41. The molecule has 2 rings (SSSR count). The van der Waals surface area contributed by atoms with E-state index in [0.29, 0.717) is 17.7 Å². The molecule has 0 saturated heterocycles. The van der Waals surface area contributed by atoms with E-state index in [4.69, 9.17) is 4.74 Å². The van der Waals surface area contributed by atoms with Crippen LogP contribution in [0.1, 0.15) is 24.3 Å². The standard InChI is InChI=1S/C9H13NO2S/c1-5-3-6(5)9(11)7-4-8(12-2)10-13-7/h4-6,9,11H,3H2,1-2H3. The van der Waals surface area contributed by atoms with E-state index in [9.17, 15) is 5.11 Å². The molecule has 4 heteroatoms. The Balaban J connectivity index is 2.07. The Kier molecular flexibility index (Phi) is 2.26. The fourth-order valence-corrected chi connectivity index (χ4v) is 2.27. The van der Waals surface area contributed by atoms with Crippen molar-refractivity contribution in [1.82, 2.24) is 4.37 Å². The first-order valence-corrected chi connectivity index (χ1v) is 5.18. The minimum Gasteiger partial charge on any atom is -0.480 e. The average Bonchev–Trinajstić information content (AvgIpc) is 2.70. The van der Waals surface area contributed by atoms with Gasteiger partial charge in [-0.15, -0.1) is 0 Å². The summed E-state index contributed by atoms with van der Waals surface area (Å²) in [5, 5.41) is 9.85. The first-order chi connectivity index (χ1) is 6.22. The monoisotopic (exact) mass is 199 g/mol. The summed E-state index contributed by atoms with van der Waals surface area (Å²) < 4.78 is 9.01. The van der Waals surface area contributed by atoms with E-state index in [1.165, 1.54) is 11.5 Å². The van der Waals surface area contributed by atoms with Gasteiger partial charge in [0.25, 0.3) is 0 Å². The lowest BCUT2D eigenvalue weighted by molar-refractivity contribution is 0.151. The number of aliphatic hydroxyl groups is 1. The Morgan fingerprint density at radius 2 is 2.46 bits per heavy atom. The lowest BCUT2D eigenvalue weighted by Gasteiger charge is -2.04. The number of methoxy groups -OCH3 is 1. The van der Waals surface area contributed by atoms with Crippen LogP contribution in [0.2, 0.25) is 0 Å². The maximum absolute atomic E-state index is 9.85. The number of rotatable bonds is 3. The Hall–Kier alpha value is -0.610. The lowest BCUT2D eigenvalue weighted by Crippen LogP contribution is -1.97. The summed E-state index contributed by atoms with van der Waals surface area (Å²) in [6.45, 7) is 2.16. The predicted molar refractivity (Wildman–Crippen MR) is 50.9 cm³/mol. The van der Waals surface area contributed by atoms with Crippen molar-refractivity contribution in [2.75, 3.05) is 7.11 Å². The molecule has 1 aromatic rings. The molecule has 0 aliphatic heterocycles. The molecule has 1 aromatic heterocycles. The Morgan fingerprint density at radius 3 is 2.92 bits per heavy atom. The highest BCUT2D eigenvalue weighted by molar-refractivity contribution is 7.06. The van der Waals surface area contributed by atoms with Crippen LogP contribution in [-0.4, -0.2) is 16.6 Å². The fourth-order valence-electron chi connectivity index (χ4n) is 1.51. The molecule has 0 radical (unpaired) electrons. The van der Waals surface area contributed by atoms with Crippen LogP contribution < -0.4 is 4.74 Å². The Labute approximate surface area is 81.5 Å². The first kappa shape index (κ1) is 8.97. The molecule has 3 nitrogen and oxygen atoms in total. The number of hydrogen-bond acceptors (Lipinski definition) is 4. The van der Waals surface area contributed by atoms with Gasteiger partial charge in [0.2, 0.25) is 5.88 Å². The third kappa shape index (κ3) is 1.69. The van der Waals surface area contributed by atoms with Crippen LogP contribution in [0.15, 0.2) is 6.07 Å². The van der Waals surface area contributed by atoms with Gasteiger partial charge < -0.3 is 9.84 Å². The molecule has 0 bridgehead atoms. The van der Waals surface area contributed by atoms with E-state index in [0.717, 1.165) is 11.3 Å². The van der Waals surface area contributed by atoms with Crippen molar-refractivity contribution in [3.63, 3.8) is 0 Å². The van der Waals surface area contributed by atoms with E-state index in [1.54, 1.807) is 7.11 Å². The maximum Gasteiger partial charge on any atom is 0.225 e. The number of nitrogens with zero attached hydrogens (tertiary/aromatic N) is 1. The normalized spacial score (nSPS) is 28.5. The fraction of sp³-hybridized carbons (Fsp3) is 0.667. The maximum atomic E-state index is 9.85. The predicted octanol–water partition coefficient (Wildman–Crippen LogP) is 1.84. The Morgan fingerprint density at radius 1 is 1.77 bits per heavy atom. The van der Waals surface area contributed by atoms with Crippen molar-refractivity contribution in [3.8, 4) is 5.88 Å². The molecule has 0 spiro atoms. The van der Waals surface area contributed by atoms with Crippen LogP contribution in [-0.2, 0) is 0 Å². The van der Waals surface area contributed by atoms with E-state index in [-0.39, 0.29) is 6.10 Å². The zero-order valence-electron chi connectivity index (χ0n) is 7.73. The van der Waals surface area contributed by atoms with Crippen molar-refractivity contribution >= 4 is 11.5 Å². The van der Waals surface area contributed by atoms with Crippen LogP contribution >= 0.6 is 11.5 Å². The molecule has 1 aliphatic carbocycles. The van der Waals surface area contributed by atoms with Gasteiger partial charge in [-0.05, 0) is 29.8 Å². The molecular formula is C9H13NO2S. The molecule has 13 heavy (non-hydrogen) atoms. The average molecular weight is 199 g/mol. The van der Waals surface area contributed by atoms with Gasteiger partial charge in [-0.1, -0.05) is 6.92 Å². The van der Waals surface area contributed by atoms with E-state index < -0.39 is 0 Å². The molecule has 3 atom stereocenters. The molecule has 0 amide bonds. The highest BCUT2D eigenvalue weighted by Crippen LogP contribution is 2.47. The molecule has 3 unspecified atom stereocenters. The number of aliphatic hydroxyl groups excluding tert-OH is 1. The van der Waals surface area contributed by atoms with Crippen LogP contribution in [0.3, 0.4) is 0 Å². The van der Waals surface area contributed by atoms with Gasteiger partial charge in [0.1, 0.15) is 0 Å². The van der Waals surface area contributed by atoms with Gasteiger partial charge in [0.15, 0.2) is 0 Å². The van der Waals surface area contributed by atoms with Crippen molar-refractivity contribution in [3.05, 3.63) is 10.9 Å². The zero-order valence-corrected chi connectivity index (χ0v) is 8.54. The van der Waals surface area contributed by atoms with Gasteiger partial charge in [-0.2, -0.15) is 4.37 Å². The van der Waals surface area contributed by atoms with Crippen LogP contribution in [0.25, 0.3) is 0 Å². The van der Waals surface area contributed by atoms with Gasteiger partial charge in [0.05, 0.1) is 18.1 Å². The molecule has 1 aliphatic rings. The van der Waals surface area contributed by atoms with Crippen LogP contribution in [0, 0.1) is 11.8 Å². The third-order valence-electron chi connectivity index (χ3n) is 2.58. The second-order valence-corrected chi connectivity index (χ2v) is 4.43. The van der Waals surface area contributed by atoms with Crippen molar-refractivity contribution in [2.45, 2.75) is 19.4 Å². The largest absolute Gasteiger partial charge is 0.480 e. The molecule has 1 fully saturated rings. The van der Waals surface area contributed by atoms with Crippen molar-refractivity contribution in [2.24, 2.45) is 11.8 Å². The molecular weight excluding hydrogens is 186 g/mol. The quantitative estimate of drug-likeness (QED) is 0.807. The third-order valence-corrected chi connectivity index (χ3v) is 3.43. The Bertz CT molecular complexity index is 300. The second-order valence-electron chi connectivity index (χ2n) is 3.59. The van der Waals surface area contributed by atoms with E-state index in [1.807, 2.05) is 6.07 Å². The van der Waals surface area contributed by atoms with Gasteiger partial charge in [0, 0.05) is 6.07 Å². The minimum absolute atomic E-state index is 0.337. The van der Waals surface area contributed by atoms with Crippen LogP contribution in [0.5, 0.6) is 5.88 Å². The molecule has 72 valence electrons. The van der Waals surface area contributed by atoms with E-state index >= 15 is 0 Å². The summed E-state index contributed by atoms with van der Waals surface area (Å²) in [6, 6.07) is 1.82. The smallest absolute Gasteiger partial charge is 0.225 e. The molecule has 1 heterocycles. The number of hydrogen-bond donors (Lipinski definition) is 1. The molecule has 0 aromatic carbocycles. The summed E-state index contributed by atoms with van der Waals surface area (Å²) in [5.41, 5.74) is 0. The second kappa shape index (κ2) is 3.27. The summed E-state index contributed by atoms with van der Waals surface area (Å²) in [7, 11) is 1.59. The van der Waals surface area contributed by atoms with Gasteiger partial charge in [-0.25, -0.2) is 0 Å². The lowest BCUT2D eigenvalue weighted by atomic mass is 10.2. The van der Waals surface area contributed by atoms with Crippen molar-refractivity contribution < 1.29 is 9.84 Å². The van der Waals surface area contributed by atoms with Crippen molar-refractivity contribution in [1.29, 1.82) is 0 Å².